The summed E-state index contributed by atoms with van der Waals surface area (Å²) in [6, 6.07) is -1.05. The first-order chi connectivity index (χ1) is 8.93. The van der Waals surface area contributed by atoms with E-state index in [-0.39, 0.29) is 17.9 Å². The molecule has 0 saturated carbocycles. The van der Waals surface area contributed by atoms with Crippen LogP contribution in [0.3, 0.4) is 0 Å². The Labute approximate surface area is 115 Å². The molecule has 0 bridgehead atoms. The van der Waals surface area contributed by atoms with Crippen LogP contribution in [0.1, 0.15) is 46.5 Å². The number of aliphatic carboxylic acids is 1. The van der Waals surface area contributed by atoms with E-state index in [1.807, 2.05) is 6.92 Å². The average Bonchev–Trinajstić information content (AvgIpc) is 2.62. The monoisotopic (exact) mass is 270 g/mol. The molecule has 1 saturated heterocycles. The van der Waals surface area contributed by atoms with Gasteiger partial charge in [0.2, 0.25) is 5.91 Å². The number of hydrogen-bond acceptors (Lipinski definition) is 3. The second-order valence-corrected chi connectivity index (χ2v) is 5.69. The number of hydrogen-bond donors (Lipinski definition) is 2. The van der Waals surface area contributed by atoms with Crippen LogP contribution in [-0.4, -0.2) is 47.1 Å². The van der Waals surface area contributed by atoms with Crippen LogP contribution in [0.5, 0.6) is 0 Å². The highest BCUT2D eigenvalue weighted by Gasteiger charge is 2.28. The first kappa shape index (κ1) is 16.0. The lowest BCUT2D eigenvalue weighted by molar-refractivity contribution is -0.143. The van der Waals surface area contributed by atoms with Gasteiger partial charge >= 0.3 is 5.97 Å². The maximum Gasteiger partial charge on any atom is 0.326 e. The van der Waals surface area contributed by atoms with E-state index in [4.69, 9.17) is 5.11 Å². The van der Waals surface area contributed by atoms with Gasteiger partial charge in [-0.2, -0.15) is 0 Å². The van der Waals surface area contributed by atoms with Crippen molar-refractivity contribution < 1.29 is 14.7 Å². The molecule has 1 heterocycles. The molecule has 0 aliphatic carbocycles. The Morgan fingerprint density at radius 1 is 1.05 bits per heavy atom. The van der Waals surface area contributed by atoms with E-state index in [9.17, 15) is 9.59 Å². The van der Waals surface area contributed by atoms with Crippen molar-refractivity contribution in [1.29, 1.82) is 0 Å². The van der Waals surface area contributed by atoms with Gasteiger partial charge in [0.05, 0.1) is 6.04 Å². The molecule has 1 aliphatic rings. The van der Waals surface area contributed by atoms with Crippen molar-refractivity contribution in [3.63, 3.8) is 0 Å². The Balaban J connectivity index is 2.57. The van der Waals surface area contributed by atoms with Gasteiger partial charge in [0.1, 0.15) is 6.04 Å². The van der Waals surface area contributed by atoms with Crippen LogP contribution in [0, 0.1) is 5.92 Å². The number of carboxylic acids is 1. The zero-order valence-corrected chi connectivity index (χ0v) is 12.2. The molecule has 110 valence electrons. The Kier molecular flexibility index (Phi) is 6.28. The fourth-order valence-corrected chi connectivity index (χ4v) is 2.44. The molecule has 0 aromatic carbocycles. The van der Waals surface area contributed by atoms with Crippen molar-refractivity contribution in [3.05, 3.63) is 0 Å². The summed E-state index contributed by atoms with van der Waals surface area (Å²) in [5, 5.41) is 11.8. The normalized spacial score (nSPS) is 20.6. The lowest BCUT2D eigenvalue weighted by Crippen LogP contribution is -2.52. The smallest absolute Gasteiger partial charge is 0.326 e. The molecule has 0 spiro atoms. The number of amides is 1. The van der Waals surface area contributed by atoms with Crippen molar-refractivity contribution in [2.75, 3.05) is 13.1 Å². The van der Waals surface area contributed by atoms with Crippen LogP contribution < -0.4 is 5.32 Å². The highest BCUT2D eigenvalue weighted by molar-refractivity contribution is 5.86. The van der Waals surface area contributed by atoms with Crippen LogP contribution in [0.25, 0.3) is 0 Å². The fourth-order valence-electron chi connectivity index (χ4n) is 2.44. The van der Waals surface area contributed by atoms with Gasteiger partial charge in [0.25, 0.3) is 0 Å². The molecule has 0 aromatic rings. The Hall–Kier alpha value is -1.10. The lowest BCUT2D eigenvalue weighted by Gasteiger charge is -2.28. The fraction of sp³-hybridized carbons (Fsp3) is 0.857. The molecule has 0 aromatic heterocycles. The quantitative estimate of drug-likeness (QED) is 0.794. The summed E-state index contributed by atoms with van der Waals surface area (Å²) in [6.45, 7) is 7.31. The number of rotatable bonds is 5. The first-order valence-corrected chi connectivity index (χ1v) is 7.20. The van der Waals surface area contributed by atoms with Gasteiger partial charge < -0.3 is 10.4 Å². The van der Waals surface area contributed by atoms with Gasteiger partial charge in [-0.25, -0.2) is 4.79 Å². The summed E-state index contributed by atoms with van der Waals surface area (Å²) in [5.41, 5.74) is 0. The standard InChI is InChI=1S/C14H26N2O3/c1-10(2)12(14(18)19)15-13(17)11(3)16-8-6-4-5-7-9-16/h10-12H,4-9H2,1-3H3,(H,15,17)(H,18,19). The molecular weight excluding hydrogens is 244 g/mol. The van der Waals surface area contributed by atoms with Crippen LogP contribution in [0.2, 0.25) is 0 Å². The second kappa shape index (κ2) is 7.48. The zero-order chi connectivity index (χ0) is 14.4. The minimum atomic E-state index is -0.966. The van der Waals surface area contributed by atoms with Gasteiger partial charge in [-0.05, 0) is 38.8 Å². The van der Waals surface area contributed by atoms with E-state index in [1.165, 1.54) is 12.8 Å². The number of carboxylic acid groups (broad SMARTS) is 1. The SMILES string of the molecule is CC(C)C(NC(=O)C(C)N1CCCCCC1)C(=O)O. The molecule has 1 aliphatic heterocycles. The van der Waals surface area contributed by atoms with E-state index in [2.05, 4.69) is 10.2 Å². The number of carbonyl (C=O) groups is 2. The van der Waals surface area contributed by atoms with E-state index in [0.29, 0.717) is 0 Å². The van der Waals surface area contributed by atoms with Gasteiger partial charge in [-0.3, -0.25) is 9.69 Å². The second-order valence-electron chi connectivity index (χ2n) is 5.69. The Morgan fingerprint density at radius 3 is 2.00 bits per heavy atom. The number of nitrogens with one attached hydrogen (secondary N) is 1. The third kappa shape index (κ3) is 4.82. The van der Waals surface area contributed by atoms with E-state index in [0.717, 1.165) is 25.9 Å². The summed E-state index contributed by atoms with van der Waals surface area (Å²) < 4.78 is 0. The van der Waals surface area contributed by atoms with Crippen molar-refractivity contribution >= 4 is 11.9 Å². The predicted octanol–water partition coefficient (Wildman–Crippen LogP) is 1.48. The Morgan fingerprint density at radius 2 is 1.58 bits per heavy atom. The van der Waals surface area contributed by atoms with Crippen molar-refractivity contribution in [1.82, 2.24) is 10.2 Å². The Bertz CT molecular complexity index is 310. The molecule has 0 radical (unpaired) electrons. The number of carbonyl (C=O) groups excluding carboxylic acids is 1. The molecule has 1 fully saturated rings. The van der Waals surface area contributed by atoms with Crippen LogP contribution >= 0.6 is 0 Å². The zero-order valence-electron chi connectivity index (χ0n) is 12.2. The van der Waals surface area contributed by atoms with Crippen molar-refractivity contribution in [2.45, 2.75) is 58.5 Å². The average molecular weight is 270 g/mol. The third-order valence-corrected chi connectivity index (χ3v) is 3.80. The van der Waals surface area contributed by atoms with Crippen LogP contribution in [-0.2, 0) is 9.59 Å². The van der Waals surface area contributed by atoms with E-state index in [1.54, 1.807) is 13.8 Å². The summed E-state index contributed by atoms with van der Waals surface area (Å²) in [7, 11) is 0. The predicted molar refractivity (Wildman–Crippen MR) is 73.9 cm³/mol. The van der Waals surface area contributed by atoms with Gasteiger partial charge in [-0.1, -0.05) is 26.7 Å². The largest absolute Gasteiger partial charge is 0.480 e. The molecule has 2 N–H and O–H groups in total. The number of nitrogens with zero attached hydrogens (tertiary/aromatic N) is 1. The molecule has 5 nitrogen and oxygen atoms in total. The summed E-state index contributed by atoms with van der Waals surface area (Å²) in [5.74, 6) is -1.26. The highest BCUT2D eigenvalue weighted by Crippen LogP contribution is 2.13. The molecule has 2 unspecified atom stereocenters. The highest BCUT2D eigenvalue weighted by atomic mass is 16.4. The van der Waals surface area contributed by atoms with Gasteiger partial charge in [0.15, 0.2) is 0 Å². The first-order valence-electron chi connectivity index (χ1n) is 7.20. The lowest BCUT2D eigenvalue weighted by atomic mass is 10.0. The minimum absolute atomic E-state index is 0.113. The molecular formula is C14H26N2O3. The topological polar surface area (TPSA) is 69.6 Å². The summed E-state index contributed by atoms with van der Waals surface area (Å²) in [6.07, 6.45) is 4.66. The third-order valence-electron chi connectivity index (χ3n) is 3.80. The number of likely N-dealkylation sites (tertiary alicyclic amines) is 1. The van der Waals surface area contributed by atoms with Gasteiger partial charge in [-0.15, -0.1) is 0 Å². The summed E-state index contributed by atoms with van der Waals surface area (Å²) >= 11 is 0. The molecule has 5 heteroatoms. The molecule has 1 rings (SSSR count). The maximum atomic E-state index is 12.2. The van der Waals surface area contributed by atoms with Crippen molar-refractivity contribution in [3.8, 4) is 0 Å². The minimum Gasteiger partial charge on any atom is -0.480 e. The van der Waals surface area contributed by atoms with Crippen LogP contribution in [0.15, 0.2) is 0 Å². The van der Waals surface area contributed by atoms with E-state index >= 15 is 0 Å². The maximum absolute atomic E-state index is 12.2. The molecule has 1 amide bonds. The molecule has 19 heavy (non-hydrogen) atoms. The van der Waals surface area contributed by atoms with Gasteiger partial charge in [0, 0.05) is 0 Å². The van der Waals surface area contributed by atoms with Crippen LogP contribution in [0.4, 0.5) is 0 Å². The van der Waals surface area contributed by atoms with E-state index < -0.39 is 12.0 Å². The molecule has 2 atom stereocenters. The van der Waals surface area contributed by atoms with Crippen molar-refractivity contribution in [2.24, 2.45) is 5.92 Å². The summed E-state index contributed by atoms with van der Waals surface area (Å²) in [4.78, 5) is 25.4.